The molecule has 0 unspecified atom stereocenters. The quantitative estimate of drug-likeness (QED) is 0.761. The zero-order valence-corrected chi connectivity index (χ0v) is 14.0. The molecule has 1 heterocycles. The Hall–Kier alpha value is -0.250. The molecule has 4 heteroatoms. The molecule has 2 nitrogen and oxygen atoms in total. The normalized spacial score (nSPS) is 17.2. The average molecular weight is 346 g/mol. The van der Waals surface area contributed by atoms with E-state index in [1.807, 2.05) is 12.1 Å². The van der Waals surface area contributed by atoms with E-state index < -0.39 is 0 Å². The van der Waals surface area contributed by atoms with Crippen LogP contribution in [0, 0.1) is 5.92 Å². The van der Waals surface area contributed by atoms with E-state index in [0.717, 1.165) is 29.4 Å². The van der Waals surface area contributed by atoms with E-state index in [1.54, 1.807) is 0 Å². The first kappa shape index (κ1) is 15.1. The Bertz CT molecular complexity index is 415. The Morgan fingerprint density at radius 1 is 1.32 bits per heavy atom. The molecule has 1 aromatic rings. The Balaban J connectivity index is 2.05. The van der Waals surface area contributed by atoms with E-state index >= 15 is 0 Å². The molecule has 0 amide bonds. The van der Waals surface area contributed by atoms with Crippen LogP contribution in [0.1, 0.15) is 18.4 Å². The molecule has 0 saturated carbocycles. The number of hydrogen-bond acceptors (Lipinski definition) is 2. The van der Waals surface area contributed by atoms with Crippen LogP contribution in [0.3, 0.4) is 0 Å². The maximum absolute atomic E-state index is 6.39. The first-order valence-corrected chi connectivity index (χ1v) is 8.34. The van der Waals surface area contributed by atoms with Crippen LogP contribution in [-0.2, 0) is 5.33 Å². The van der Waals surface area contributed by atoms with Gasteiger partial charge in [-0.25, -0.2) is 0 Å². The molecule has 2 rings (SSSR count). The Morgan fingerprint density at radius 3 is 2.58 bits per heavy atom. The molecule has 0 N–H and O–H groups in total. The molecular weight excluding hydrogens is 324 g/mol. The van der Waals surface area contributed by atoms with Crippen molar-refractivity contribution in [2.75, 3.05) is 38.6 Å². The molecule has 1 aliphatic heterocycles. The van der Waals surface area contributed by atoms with Gasteiger partial charge in [-0.3, -0.25) is 0 Å². The van der Waals surface area contributed by atoms with Gasteiger partial charge in [0.25, 0.3) is 0 Å². The van der Waals surface area contributed by atoms with Gasteiger partial charge in [-0.2, -0.15) is 0 Å². The summed E-state index contributed by atoms with van der Waals surface area (Å²) in [6, 6.07) is 6.18. The summed E-state index contributed by atoms with van der Waals surface area (Å²) in [5.74, 6) is 0.821. The molecular formula is C15H22BrClN2. The van der Waals surface area contributed by atoms with Gasteiger partial charge in [0, 0.05) is 25.0 Å². The predicted octanol–water partition coefficient (Wildman–Crippen LogP) is 4.01. The van der Waals surface area contributed by atoms with Crippen molar-refractivity contribution in [3.63, 3.8) is 0 Å². The molecule has 0 aliphatic carbocycles. The lowest BCUT2D eigenvalue weighted by atomic mass is 9.95. The minimum atomic E-state index is 0.821. The zero-order chi connectivity index (χ0) is 13.8. The second kappa shape index (κ2) is 6.96. The minimum Gasteiger partial charge on any atom is -0.370 e. The molecule has 1 fully saturated rings. The largest absolute Gasteiger partial charge is 0.370 e. The standard InChI is InChI=1S/C15H22BrClN2/c1-18(2)11-12-6-8-19(9-7-12)15-13(10-16)4-3-5-14(15)17/h3-5,12H,6-11H2,1-2H3. The molecule has 0 atom stereocenters. The molecule has 1 aliphatic rings. The van der Waals surface area contributed by atoms with E-state index in [1.165, 1.54) is 30.6 Å². The van der Waals surface area contributed by atoms with Crippen LogP contribution < -0.4 is 4.90 Å². The van der Waals surface area contributed by atoms with Crippen LogP contribution in [0.25, 0.3) is 0 Å². The average Bonchev–Trinajstić information content (AvgIpc) is 2.39. The van der Waals surface area contributed by atoms with Crippen molar-refractivity contribution < 1.29 is 0 Å². The van der Waals surface area contributed by atoms with Gasteiger partial charge in [0.1, 0.15) is 0 Å². The van der Waals surface area contributed by atoms with Gasteiger partial charge in [-0.05, 0) is 44.5 Å². The summed E-state index contributed by atoms with van der Waals surface area (Å²) in [4.78, 5) is 4.74. The van der Waals surface area contributed by atoms with Gasteiger partial charge in [-0.1, -0.05) is 39.7 Å². The van der Waals surface area contributed by atoms with Gasteiger partial charge >= 0.3 is 0 Å². The van der Waals surface area contributed by atoms with Crippen molar-refractivity contribution in [3.8, 4) is 0 Å². The van der Waals surface area contributed by atoms with E-state index in [-0.39, 0.29) is 0 Å². The molecule has 0 spiro atoms. The van der Waals surface area contributed by atoms with Crippen molar-refractivity contribution in [1.82, 2.24) is 4.90 Å². The lowest BCUT2D eigenvalue weighted by Gasteiger charge is -2.36. The van der Waals surface area contributed by atoms with Crippen LogP contribution >= 0.6 is 27.5 Å². The van der Waals surface area contributed by atoms with Crippen molar-refractivity contribution in [3.05, 3.63) is 28.8 Å². The lowest BCUT2D eigenvalue weighted by molar-refractivity contribution is 0.285. The molecule has 0 aromatic heterocycles. The third-order valence-electron chi connectivity index (χ3n) is 3.77. The molecule has 0 bridgehead atoms. The molecule has 1 aromatic carbocycles. The summed E-state index contributed by atoms with van der Waals surface area (Å²) < 4.78 is 0. The van der Waals surface area contributed by atoms with E-state index in [2.05, 4.69) is 45.9 Å². The van der Waals surface area contributed by atoms with Gasteiger partial charge < -0.3 is 9.80 Å². The van der Waals surface area contributed by atoms with Crippen LogP contribution in [0.4, 0.5) is 5.69 Å². The van der Waals surface area contributed by atoms with Gasteiger partial charge in [0.15, 0.2) is 0 Å². The molecule has 0 radical (unpaired) electrons. The Morgan fingerprint density at radius 2 is 2.00 bits per heavy atom. The van der Waals surface area contributed by atoms with Gasteiger partial charge in [-0.15, -0.1) is 0 Å². The number of alkyl halides is 1. The van der Waals surface area contributed by atoms with Crippen molar-refractivity contribution in [2.24, 2.45) is 5.92 Å². The molecule has 106 valence electrons. The summed E-state index contributed by atoms with van der Waals surface area (Å²) in [5.41, 5.74) is 2.52. The van der Waals surface area contributed by atoms with Crippen molar-refractivity contribution in [1.29, 1.82) is 0 Å². The number of rotatable bonds is 4. The van der Waals surface area contributed by atoms with E-state index in [4.69, 9.17) is 11.6 Å². The second-order valence-electron chi connectivity index (χ2n) is 5.57. The van der Waals surface area contributed by atoms with Gasteiger partial charge in [0.2, 0.25) is 0 Å². The lowest BCUT2D eigenvalue weighted by Crippen LogP contribution is -2.37. The highest BCUT2D eigenvalue weighted by atomic mass is 79.9. The SMILES string of the molecule is CN(C)CC1CCN(c2c(Cl)cccc2CBr)CC1. The number of piperidine rings is 1. The summed E-state index contributed by atoms with van der Waals surface area (Å²) >= 11 is 9.95. The number of benzene rings is 1. The number of anilines is 1. The fourth-order valence-electron chi connectivity index (χ4n) is 2.88. The van der Waals surface area contributed by atoms with E-state index in [0.29, 0.717) is 0 Å². The van der Waals surface area contributed by atoms with E-state index in [9.17, 15) is 0 Å². The number of hydrogen-bond donors (Lipinski definition) is 0. The van der Waals surface area contributed by atoms with Crippen LogP contribution in [0.5, 0.6) is 0 Å². The Kier molecular flexibility index (Phi) is 5.55. The van der Waals surface area contributed by atoms with Gasteiger partial charge in [0.05, 0.1) is 10.7 Å². The number of para-hydroxylation sites is 1. The first-order valence-electron chi connectivity index (χ1n) is 6.85. The predicted molar refractivity (Wildman–Crippen MR) is 87.6 cm³/mol. The number of nitrogens with zero attached hydrogens (tertiary/aromatic N) is 2. The maximum atomic E-state index is 6.39. The van der Waals surface area contributed by atoms with Crippen molar-refractivity contribution in [2.45, 2.75) is 18.2 Å². The highest BCUT2D eigenvalue weighted by molar-refractivity contribution is 9.08. The fraction of sp³-hybridized carbons (Fsp3) is 0.600. The second-order valence-corrected chi connectivity index (χ2v) is 6.54. The maximum Gasteiger partial charge on any atom is 0.0642 e. The Labute approximate surface area is 129 Å². The topological polar surface area (TPSA) is 6.48 Å². The minimum absolute atomic E-state index is 0.821. The van der Waals surface area contributed by atoms with Crippen LogP contribution in [-0.4, -0.2) is 38.6 Å². The van der Waals surface area contributed by atoms with Crippen molar-refractivity contribution >= 4 is 33.2 Å². The third kappa shape index (κ3) is 3.87. The monoisotopic (exact) mass is 344 g/mol. The highest BCUT2D eigenvalue weighted by Gasteiger charge is 2.22. The van der Waals surface area contributed by atoms with Crippen LogP contribution in [0.2, 0.25) is 5.02 Å². The number of halogens is 2. The van der Waals surface area contributed by atoms with Crippen LogP contribution in [0.15, 0.2) is 18.2 Å². The summed E-state index contributed by atoms with van der Waals surface area (Å²) in [5, 5.41) is 1.74. The smallest absolute Gasteiger partial charge is 0.0642 e. The summed E-state index contributed by atoms with van der Waals surface area (Å²) in [7, 11) is 4.31. The fourth-order valence-corrected chi connectivity index (χ4v) is 3.64. The highest BCUT2D eigenvalue weighted by Crippen LogP contribution is 2.34. The summed E-state index contributed by atoms with van der Waals surface area (Å²) in [6.07, 6.45) is 2.51. The summed E-state index contributed by atoms with van der Waals surface area (Å²) in [6.45, 7) is 3.42. The zero-order valence-electron chi connectivity index (χ0n) is 11.7. The third-order valence-corrected chi connectivity index (χ3v) is 4.68. The first-order chi connectivity index (χ1) is 9.11. The molecule has 1 saturated heterocycles. The molecule has 19 heavy (non-hydrogen) atoms.